The van der Waals surface area contributed by atoms with Crippen molar-refractivity contribution in [1.82, 2.24) is 10.3 Å². The fourth-order valence-electron chi connectivity index (χ4n) is 1.58. The van der Waals surface area contributed by atoms with E-state index in [-0.39, 0.29) is 18.1 Å². The van der Waals surface area contributed by atoms with Crippen LogP contribution in [0.25, 0.3) is 10.9 Å². The third-order valence-electron chi connectivity index (χ3n) is 2.28. The topological polar surface area (TPSA) is 44.9 Å². The van der Waals surface area contributed by atoms with E-state index in [0.717, 1.165) is 5.39 Å². The summed E-state index contributed by atoms with van der Waals surface area (Å²) in [5.41, 5.74) is 1.24. The van der Waals surface area contributed by atoms with Crippen molar-refractivity contribution in [2.24, 2.45) is 0 Å². The number of aromatic nitrogens is 1. The Morgan fingerprint density at radius 3 is 3.07 bits per heavy atom. The number of carbonyl (C=O) groups is 1. The summed E-state index contributed by atoms with van der Waals surface area (Å²) in [5, 5.41) is 3.56. The van der Waals surface area contributed by atoms with Gasteiger partial charge in [0.15, 0.2) is 5.78 Å². The molecular weight excluding hydrogens is 195 g/mol. The Labute approximate surface area is 86.3 Å². The van der Waals surface area contributed by atoms with E-state index in [4.69, 9.17) is 0 Å². The van der Waals surface area contributed by atoms with Gasteiger partial charge in [-0.05, 0) is 25.2 Å². The number of carbonyl (C=O) groups excluding carboxylic acids is 1. The molecule has 1 heterocycles. The number of ketones is 1. The summed E-state index contributed by atoms with van der Waals surface area (Å²) in [6.45, 7) is 0.282. The highest BCUT2D eigenvalue weighted by Gasteiger charge is 2.10. The molecule has 3 nitrogen and oxygen atoms in total. The highest BCUT2D eigenvalue weighted by Crippen LogP contribution is 2.19. The first-order valence-electron chi connectivity index (χ1n) is 4.67. The van der Waals surface area contributed by atoms with Crippen molar-refractivity contribution in [2.75, 3.05) is 13.6 Å². The van der Waals surface area contributed by atoms with Gasteiger partial charge in [-0.3, -0.25) is 4.79 Å². The molecule has 0 amide bonds. The van der Waals surface area contributed by atoms with E-state index in [9.17, 15) is 9.18 Å². The number of aromatic amines is 1. The van der Waals surface area contributed by atoms with Gasteiger partial charge in [-0.1, -0.05) is 0 Å². The van der Waals surface area contributed by atoms with Crippen LogP contribution < -0.4 is 5.32 Å². The zero-order valence-electron chi connectivity index (χ0n) is 8.30. The number of halogens is 1. The van der Waals surface area contributed by atoms with Gasteiger partial charge in [-0.2, -0.15) is 0 Å². The number of H-pyrrole nitrogens is 1. The number of fused-ring (bicyclic) bond motifs is 1. The fourth-order valence-corrected chi connectivity index (χ4v) is 1.58. The second kappa shape index (κ2) is 3.82. The van der Waals surface area contributed by atoms with E-state index in [2.05, 4.69) is 10.3 Å². The Hall–Kier alpha value is -1.68. The van der Waals surface area contributed by atoms with Crippen molar-refractivity contribution >= 4 is 16.7 Å². The van der Waals surface area contributed by atoms with Crippen molar-refractivity contribution in [3.05, 3.63) is 35.8 Å². The van der Waals surface area contributed by atoms with Gasteiger partial charge in [-0.25, -0.2) is 4.39 Å². The van der Waals surface area contributed by atoms with Crippen LogP contribution in [0.5, 0.6) is 0 Å². The zero-order chi connectivity index (χ0) is 10.8. The lowest BCUT2D eigenvalue weighted by Crippen LogP contribution is -2.18. The average Bonchev–Trinajstić information content (AvgIpc) is 2.60. The lowest BCUT2D eigenvalue weighted by molar-refractivity contribution is 0.0995. The van der Waals surface area contributed by atoms with Gasteiger partial charge in [0.2, 0.25) is 0 Å². The normalized spacial score (nSPS) is 10.8. The molecule has 0 spiro atoms. The van der Waals surface area contributed by atoms with Crippen LogP contribution in [-0.4, -0.2) is 24.4 Å². The Bertz CT molecular complexity index is 504. The van der Waals surface area contributed by atoms with Gasteiger partial charge in [0.05, 0.1) is 6.54 Å². The summed E-state index contributed by atoms with van der Waals surface area (Å²) in [5.74, 6) is -0.313. The fraction of sp³-hybridized carbons (Fsp3) is 0.182. The van der Waals surface area contributed by atoms with Crippen LogP contribution in [0.15, 0.2) is 24.4 Å². The number of nitrogens with one attached hydrogen (secondary N) is 2. The lowest BCUT2D eigenvalue weighted by Gasteiger charge is -1.97. The second-order valence-electron chi connectivity index (χ2n) is 3.35. The molecule has 1 aromatic heterocycles. The Balaban J connectivity index is 2.49. The predicted octanol–water partition coefficient (Wildman–Crippen LogP) is 1.71. The predicted molar refractivity (Wildman–Crippen MR) is 56.5 cm³/mol. The molecule has 0 atom stereocenters. The molecule has 0 aliphatic heterocycles. The second-order valence-corrected chi connectivity index (χ2v) is 3.35. The van der Waals surface area contributed by atoms with Gasteiger partial charge < -0.3 is 10.3 Å². The first-order valence-corrected chi connectivity index (χ1v) is 4.67. The van der Waals surface area contributed by atoms with Crippen molar-refractivity contribution in [2.45, 2.75) is 0 Å². The quantitative estimate of drug-likeness (QED) is 0.751. The molecule has 0 fully saturated rings. The number of likely N-dealkylation sites (N-methyl/N-ethyl adjacent to an activating group) is 1. The van der Waals surface area contributed by atoms with Crippen LogP contribution in [-0.2, 0) is 0 Å². The van der Waals surface area contributed by atoms with E-state index in [1.165, 1.54) is 12.1 Å². The minimum Gasteiger partial charge on any atom is -0.360 e. The van der Waals surface area contributed by atoms with Gasteiger partial charge in [0, 0.05) is 22.7 Å². The first kappa shape index (κ1) is 9.86. The van der Waals surface area contributed by atoms with Crippen LogP contribution >= 0.6 is 0 Å². The third-order valence-corrected chi connectivity index (χ3v) is 2.28. The van der Waals surface area contributed by atoms with Gasteiger partial charge in [0.25, 0.3) is 0 Å². The summed E-state index contributed by atoms with van der Waals surface area (Å²) in [6, 6.07) is 4.35. The van der Waals surface area contributed by atoms with Gasteiger partial charge in [-0.15, -0.1) is 0 Å². The maximum absolute atomic E-state index is 12.9. The van der Waals surface area contributed by atoms with Crippen LogP contribution in [0.1, 0.15) is 10.4 Å². The van der Waals surface area contributed by atoms with Crippen LogP contribution in [0.3, 0.4) is 0 Å². The smallest absolute Gasteiger partial charge is 0.178 e. The standard InChI is InChI=1S/C11H11FN2O/c1-13-6-11(15)9-5-14-10-4-7(12)2-3-8(9)10/h2-5,13-14H,6H2,1H3. The van der Waals surface area contributed by atoms with E-state index in [0.29, 0.717) is 11.1 Å². The molecule has 0 radical (unpaired) electrons. The number of rotatable bonds is 3. The van der Waals surface area contributed by atoms with Crippen molar-refractivity contribution in [1.29, 1.82) is 0 Å². The monoisotopic (exact) mass is 206 g/mol. The van der Waals surface area contributed by atoms with Crippen LogP contribution in [0.4, 0.5) is 4.39 Å². The van der Waals surface area contributed by atoms with Crippen molar-refractivity contribution in [3.8, 4) is 0 Å². The number of benzene rings is 1. The number of Topliss-reactive ketones (excluding diaryl/α,β-unsaturated/α-hetero) is 1. The highest BCUT2D eigenvalue weighted by atomic mass is 19.1. The SMILES string of the molecule is CNCC(=O)c1c[nH]c2cc(F)ccc12. The molecule has 2 rings (SSSR count). The molecular formula is C11H11FN2O. The number of hydrogen-bond acceptors (Lipinski definition) is 2. The molecule has 0 saturated heterocycles. The van der Waals surface area contributed by atoms with Gasteiger partial charge >= 0.3 is 0 Å². The molecule has 0 unspecified atom stereocenters. The van der Waals surface area contributed by atoms with Crippen molar-refractivity contribution in [3.63, 3.8) is 0 Å². The summed E-state index contributed by atoms with van der Waals surface area (Å²) < 4.78 is 12.9. The summed E-state index contributed by atoms with van der Waals surface area (Å²) in [4.78, 5) is 14.5. The Morgan fingerprint density at radius 2 is 2.33 bits per heavy atom. The summed E-state index contributed by atoms with van der Waals surface area (Å²) in [7, 11) is 1.71. The largest absolute Gasteiger partial charge is 0.360 e. The molecule has 0 bridgehead atoms. The molecule has 78 valence electrons. The minimum absolute atomic E-state index is 0.00430. The summed E-state index contributed by atoms with van der Waals surface area (Å²) >= 11 is 0. The highest BCUT2D eigenvalue weighted by molar-refractivity contribution is 6.08. The Morgan fingerprint density at radius 1 is 1.53 bits per heavy atom. The molecule has 0 saturated carbocycles. The minimum atomic E-state index is -0.308. The molecule has 0 aliphatic rings. The average molecular weight is 206 g/mol. The van der Waals surface area contributed by atoms with Gasteiger partial charge in [0.1, 0.15) is 5.82 Å². The van der Waals surface area contributed by atoms with E-state index in [1.54, 1.807) is 19.3 Å². The molecule has 0 aliphatic carbocycles. The third kappa shape index (κ3) is 1.76. The van der Waals surface area contributed by atoms with E-state index < -0.39 is 0 Å². The Kier molecular flexibility index (Phi) is 2.51. The molecule has 1 aromatic carbocycles. The maximum Gasteiger partial charge on any atom is 0.178 e. The van der Waals surface area contributed by atoms with Crippen LogP contribution in [0.2, 0.25) is 0 Å². The summed E-state index contributed by atoms with van der Waals surface area (Å²) in [6.07, 6.45) is 1.61. The molecule has 4 heteroatoms. The number of hydrogen-bond donors (Lipinski definition) is 2. The molecule has 2 N–H and O–H groups in total. The van der Waals surface area contributed by atoms with E-state index >= 15 is 0 Å². The zero-order valence-corrected chi connectivity index (χ0v) is 8.30. The lowest BCUT2D eigenvalue weighted by atomic mass is 10.1. The van der Waals surface area contributed by atoms with Crippen molar-refractivity contribution < 1.29 is 9.18 Å². The van der Waals surface area contributed by atoms with Crippen LogP contribution in [0, 0.1) is 5.82 Å². The van der Waals surface area contributed by atoms with E-state index in [1.807, 2.05) is 0 Å². The maximum atomic E-state index is 12.9. The first-order chi connectivity index (χ1) is 7.22. The molecule has 15 heavy (non-hydrogen) atoms. The molecule has 2 aromatic rings.